The molecule has 4 heterocycles. The second-order valence-corrected chi connectivity index (χ2v) is 17.8. The molecule has 0 aliphatic carbocycles. The Labute approximate surface area is 344 Å². The Bertz CT molecular complexity index is 1630. The van der Waals surface area contributed by atoms with E-state index in [0.29, 0.717) is 37.6 Å². The minimum Gasteiger partial charge on any atom is -0.444 e. The van der Waals surface area contributed by atoms with Gasteiger partial charge in [-0.15, -0.1) is 0 Å². The summed E-state index contributed by atoms with van der Waals surface area (Å²) < 4.78 is 11.8. The van der Waals surface area contributed by atoms with Crippen LogP contribution in [0.2, 0.25) is 10.0 Å². The molecule has 0 bridgehead atoms. The van der Waals surface area contributed by atoms with Gasteiger partial charge in [-0.3, -0.25) is 19.4 Å². The topological polar surface area (TPSA) is 115 Å². The number of hydrogen-bond acceptors (Lipinski definition) is 8. The molecular weight excluding hydrogens is 811 g/mol. The highest BCUT2D eigenvalue weighted by Crippen LogP contribution is 2.31. The van der Waals surface area contributed by atoms with Crippen molar-refractivity contribution < 1.29 is 28.7 Å². The third-order valence-corrected chi connectivity index (χ3v) is 10.7. The zero-order valence-corrected chi connectivity index (χ0v) is 36.2. The lowest BCUT2D eigenvalue weighted by Crippen LogP contribution is -2.49. The summed E-state index contributed by atoms with van der Waals surface area (Å²) in [6.07, 6.45) is 2.77. The van der Waals surface area contributed by atoms with Gasteiger partial charge in [-0.1, -0.05) is 35.3 Å². The molecule has 12 nitrogen and oxygen atoms in total. The SMILES string of the molecule is CC(C)(C)OC(=O)N1CCN(Cc2ccc(Cl)c(Br)c2)CC1.CC(C)(C)OC(=O)N1CCN(Cc2ccc(Cl)c(N3CCCC3=O)c2)CC1.O=C1CCCN1. The molecule has 4 amide bonds. The first-order valence-electron chi connectivity index (χ1n) is 19.1. The Morgan fingerprint density at radius 1 is 0.691 bits per heavy atom. The second-order valence-electron chi connectivity index (χ2n) is 16.1. The number of carbonyl (C=O) groups is 4. The van der Waals surface area contributed by atoms with Gasteiger partial charge in [0.1, 0.15) is 11.2 Å². The Morgan fingerprint density at radius 3 is 1.56 bits per heavy atom. The first-order chi connectivity index (χ1) is 25.9. The maximum absolute atomic E-state index is 12.2. The molecule has 304 valence electrons. The Hall–Kier alpha value is -3.10. The monoisotopic (exact) mass is 866 g/mol. The van der Waals surface area contributed by atoms with E-state index < -0.39 is 11.2 Å². The normalized spacial score (nSPS) is 18.2. The van der Waals surface area contributed by atoms with E-state index in [4.69, 9.17) is 32.7 Å². The third-order valence-electron chi connectivity index (χ3n) is 9.12. The lowest BCUT2D eigenvalue weighted by molar-refractivity contribution is -0.119. The van der Waals surface area contributed by atoms with Crippen molar-refractivity contribution in [2.24, 2.45) is 0 Å². The van der Waals surface area contributed by atoms with Crippen LogP contribution in [0.15, 0.2) is 40.9 Å². The van der Waals surface area contributed by atoms with Gasteiger partial charge in [0.05, 0.1) is 15.7 Å². The van der Waals surface area contributed by atoms with Gasteiger partial charge < -0.3 is 29.5 Å². The highest BCUT2D eigenvalue weighted by molar-refractivity contribution is 9.10. The van der Waals surface area contributed by atoms with Crippen molar-refractivity contribution in [3.8, 4) is 0 Å². The summed E-state index contributed by atoms with van der Waals surface area (Å²) in [5.41, 5.74) is 2.23. The number of piperazine rings is 2. The number of carbonyl (C=O) groups excluding carboxylic acids is 4. The Kier molecular flexibility index (Phi) is 16.5. The quantitative estimate of drug-likeness (QED) is 0.328. The van der Waals surface area contributed by atoms with Crippen molar-refractivity contribution in [2.75, 3.05) is 70.3 Å². The summed E-state index contributed by atoms with van der Waals surface area (Å²) in [5.74, 6) is 0.343. The molecule has 4 aliphatic heterocycles. The number of halogens is 3. The molecule has 0 atom stereocenters. The molecule has 2 aromatic rings. The number of benzene rings is 2. The molecule has 1 N–H and O–H groups in total. The van der Waals surface area contributed by atoms with Gasteiger partial charge in [0, 0.05) is 95.9 Å². The van der Waals surface area contributed by atoms with Crippen molar-refractivity contribution >= 4 is 68.8 Å². The molecule has 6 rings (SSSR count). The predicted molar refractivity (Wildman–Crippen MR) is 221 cm³/mol. The van der Waals surface area contributed by atoms with Crippen LogP contribution in [0, 0.1) is 0 Å². The maximum atomic E-state index is 12.2. The van der Waals surface area contributed by atoms with Crippen LogP contribution in [0.25, 0.3) is 0 Å². The number of nitrogens with one attached hydrogen (secondary N) is 1. The predicted octanol–water partition coefficient (Wildman–Crippen LogP) is 7.57. The molecular formula is C40H57BrCl2N6O6. The highest BCUT2D eigenvalue weighted by Gasteiger charge is 2.28. The Morgan fingerprint density at radius 2 is 1.18 bits per heavy atom. The van der Waals surface area contributed by atoms with Crippen LogP contribution in [0.4, 0.5) is 15.3 Å². The molecule has 55 heavy (non-hydrogen) atoms. The van der Waals surface area contributed by atoms with Gasteiger partial charge in [-0.2, -0.15) is 0 Å². The van der Waals surface area contributed by atoms with E-state index in [1.807, 2.05) is 77.9 Å². The summed E-state index contributed by atoms with van der Waals surface area (Å²) in [5, 5.41) is 4.02. The first-order valence-corrected chi connectivity index (χ1v) is 20.6. The third kappa shape index (κ3) is 15.1. The average Bonchev–Trinajstić information content (AvgIpc) is 3.77. The van der Waals surface area contributed by atoms with Crippen LogP contribution in [0.1, 0.15) is 78.4 Å². The maximum Gasteiger partial charge on any atom is 0.410 e. The number of amides is 4. The van der Waals surface area contributed by atoms with E-state index in [-0.39, 0.29) is 24.0 Å². The molecule has 0 spiro atoms. The molecule has 4 fully saturated rings. The summed E-state index contributed by atoms with van der Waals surface area (Å²) in [6.45, 7) is 20.5. The molecule has 2 aromatic carbocycles. The minimum absolute atomic E-state index is 0.139. The van der Waals surface area contributed by atoms with Crippen molar-refractivity contribution in [1.82, 2.24) is 24.9 Å². The number of anilines is 1. The van der Waals surface area contributed by atoms with E-state index in [0.717, 1.165) is 92.4 Å². The largest absolute Gasteiger partial charge is 0.444 e. The van der Waals surface area contributed by atoms with Crippen molar-refractivity contribution in [3.63, 3.8) is 0 Å². The molecule has 0 saturated carbocycles. The lowest BCUT2D eigenvalue weighted by Gasteiger charge is -2.35. The van der Waals surface area contributed by atoms with Crippen LogP contribution < -0.4 is 10.2 Å². The zero-order chi connectivity index (χ0) is 40.3. The van der Waals surface area contributed by atoms with Gasteiger partial charge in [-0.05, 0) is 106 Å². The first kappa shape index (κ1) is 44.6. The fraction of sp³-hybridized carbons (Fsp3) is 0.600. The van der Waals surface area contributed by atoms with E-state index in [1.54, 1.807) is 14.7 Å². The van der Waals surface area contributed by atoms with Crippen molar-refractivity contribution in [3.05, 3.63) is 62.0 Å². The smallest absolute Gasteiger partial charge is 0.410 e. The van der Waals surface area contributed by atoms with Gasteiger partial charge in [0.2, 0.25) is 11.8 Å². The van der Waals surface area contributed by atoms with Gasteiger partial charge >= 0.3 is 12.2 Å². The van der Waals surface area contributed by atoms with E-state index in [9.17, 15) is 19.2 Å². The summed E-state index contributed by atoms with van der Waals surface area (Å²) in [4.78, 5) is 56.3. The zero-order valence-electron chi connectivity index (χ0n) is 33.1. The molecule has 4 aliphatic rings. The van der Waals surface area contributed by atoms with Crippen LogP contribution in [0.5, 0.6) is 0 Å². The van der Waals surface area contributed by atoms with Crippen LogP contribution in [-0.2, 0) is 32.2 Å². The average molecular weight is 869 g/mol. The molecule has 4 saturated heterocycles. The van der Waals surface area contributed by atoms with Gasteiger partial charge in [0.25, 0.3) is 0 Å². The van der Waals surface area contributed by atoms with Crippen molar-refractivity contribution in [2.45, 2.75) is 91.5 Å². The highest BCUT2D eigenvalue weighted by atomic mass is 79.9. The van der Waals surface area contributed by atoms with Crippen molar-refractivity contribution in [1.29, 1.82) is 0 Å². The molecule has 0 radical (unpaired) electrons. The lowest BCUT2D eigenvalue weighted by atomic mass is 10.1. The number of hydrogen-bond donors (Lipinski definition) is 1. The fourth-order valence-electron chi connectivity index (χ4n) is 6.32. The summed E-state index contributed by atoms with van der Waals surface area (Å²) in [7, 11) is 0. The molecule has 15 heteroatoms. The van der Waals surface area contributed by atoms with E-state index in [1.165, 1.54) is 5.56 Å². The second kappa shape index (κ2) is 20.4. The molecule has 0 aromatic heterocycles. The van der Waals surface area contributed by atoms with Gasteiger partial charge in [-0.25, -0.2) is 9.59 Å². The summed E-state index contributed by atoms with van der Waals surface area (Å²) in [6, 6.07) is 11.9. The van der Waals surface area contributed by atoms with E-state index >= 15 is 0 Å². The Balaban J connectivity index is 0.000000215. The van der Waals surface area contributed by atoms with Crippen LogP contribution >= 0.6 is 39.1 Å². The van der Waals surface area contributed by atoms with Crippen LogP contribution in [0.3, 0.4) is 0 Å². The number of ether oxygens (including phenoxy) is 2. The summed E-state index contributed by atoms with van der Waals surface area (Å²) >= 11 is 15.8. The van der Waals surface area contributed by atoms with Crippen LogP contribution in [-0.4, -0.2) is 120 Å². The fourth-order valence-corrected chi connectivity index (χ4v) is 7.08. The standard InChI is InChI=1S/C20H28ClN3O3.C16H22BrClN2O2.C4H7NO/c1-20(2,3)27-19(26)23-11-9-22(10-12-23)14-15-6-7-16(21)17(13-15)24-8-4-5-18(24)25;1-16(2,3)22-15(21)20-8-6-19(7-9-20)11-12-4-5-14(18)13(17)10-12;6-4-2-1-3-5-4/h6-7,13H,4-5,8-12,14H2,1-3H3;4-5,10H,6-9,11H2,1-3H3;1-3H2,(H,5,6). The number of rotatable bonds is 5. The molecule has 0 unspecified atom stereocenters. The van der Waals surface area contributed by atoms with Gasteiger partial charge in [0.15, 0.2) is 0 Å². The minimum atomic E-state index is -0.471. The number of nitrogens with zero attached hydrogens (tertiary/aromatic N) is 5. The van der Waals surface area contributed by atoms with E-state index in [2.05, 4.69) is 31.0 Å².